The molecule has 1 aliphatic rings. The summed E-state index contributed by atoms with van der Waals surface area (Å²) in [5.41, 5.74) is 6.81. The van der Waals surface area contributed by atoms with Crippen molar-refractivity contribution in [3.63, 3.8) is 0 Å². The Labute approximate surface area is 164 Å². The number of alkyl halides is 1. The number of nitrogens with two attached hydrogens (primary N) is 1. The Morgan fingerprint density at radius 3 is 2.75 bits per heavy atom. The molecular weight excluding hydrogens is 388 g/mol. The minimum Gasteiger partial charge on any atom is -0.340 e. The molecule has 0 radical (unpaired) electrons. The summed E-state index contributed by atoms with van der Waals surface area (Å²) in [7, 11) is 0. The standard InChI is InChI=1S/C18H16ClF2N7/c19-11-6-24-16(25-7-11)9-28-15-4-12(20)3-10(5-22)17(15)26-18(28)27-2-1-13(21)14(23)8-27/h3-4,6-7,13-14H,1-2,8-9,23H2/t13-,14+/m0/s1. The number of hydrogen-bond acceptors (Lipinski definition) is 6. The summed E-state index contributed by atoms with van der Waals surface area (Å²) < 4.78 is 29.6. The minimum absolute atomic E-state index is 0.122. The Bertz CT molecular complexity index is 1060. The second-order valence-electron chi connectivity index (χ2n) is 6.66. The summed E-state index contributed by atoms with van der Waals surface area (Å²) in [6.45, 7) is 0.850. The van der Waals surface area contributed by atoms with Crippen LogP contribution in [0.3, 0.4) is 0 Å². The number of fused-ring (bicyclic) bond motifs is 1. The van der Waals surface area contributed by atoms with Crippen LogP contribution in [0.1, 0.15) is 17.8 Å². The first kappa shape index (κ1) is 18.5. The molecule has 3 aromatic rings. The molecule has 2 aromatic heterocycles. The Hall–Kier alpha value is -2.83. The maximum atomic E-state index is 14.1. The van der Waals surface area contributed by atoms with Gasteiger partial charge in [0.2, 0.25) is 5.95 Å². The summed E-state index contributed by atoms with van der Waals surface area (Å²) in [6, 6.07) is 3.77. The van der Waals surface area contributed by atoms with E-state index in [2.05, 4.69) is 15.0 Å². The van der Waals surface area contributed by atoms with Gasteiger partial charge in [-0.1, -0.05) is 11.6 Å². The highest BCUT2D eigenvalue weighted by Gasteiger charge is 2.30. The van der Waals surface area contributed by atoms with Crippen LogP contribution in [0, 0.1) is 17.1 Å². The van der Waals surface area contributed by atoms with E-state index in [-0.39, 0.29) is 25.1 Å². The van der Waals surface area contributed by atoms with Crippen molar-refractivity contribution in [3.8, 4) is 6.07 Å². The van der Waals surface area contributed by atoms with Gasteiger partial charge in [-0.25, -0.2) is 23.7 Å². The molecule has 1 fully saturated rings. The monoisotopic (exact) mass is 403 g/mol. The van der Waals surface area contributed by atoms with Crippen LogP contribution in [0.25, 0.3) is 11.0 Å². The molecule has 7 nitrogen and oxygen atoms in total. The Balaban J connectivity index is 1.85. The number of piperidine rings is 1. The summed E-state index contributed by atoms with van der Waals surface area (Å²) in [5.74, 6) is 0.364. The third kappa shape index (κ3) is 3.37. The Morgan fingerprint density at radius 1 is 1.32 bits per heavy atom. The van der Waals surface area contributed by atoms with Crippen LogP contribution in [-0.2, 0) is 6.54 Å². The van der Waals surface area contributed by atoms with Gasteiger partial charge in [0, 0.05) is 25.5 Å². The molecule has 0 amide bonds. The first-order valence-corrected chi connectivity index (χ1v) is 9.05. The third-order valence-electron chi connectivity index (χ3n) is 4.75. The van der Waals surface area contributed by atoms with Crippen molar-refractivity contribution in [2.75, 3.05) is 18.0 Å². The number of hydrogen-bond donors (Lipinski definition) is 1. The maximum absolute atomic E-state index is 14.1. The average molecular weight is 404 g/mol. The molecule has 4 rings (SSSR count). The molecule has 2 N–H and O–H groups in total. The highest BCUT2D eigenvalue weighted by molar-refractivity contribution is 6.30. The Morgan fingerprint density at radius 2 is 2.07 bits per heavy atom. The van der Waals surface area contributed by atoms with E-state index < -0.39 is 18.0 Å². The normalized spacial score (nSPS) is 19.8. The summed E-state index contributed by atoms with van der Waals surface area (Å²) in [4.78, 5) is 14.8. The summed E-state index contributed by atoms with van der Waals surface area (Å²) >= 11 is 5.84. The highest BCUT2D eigenvalue weighted by atomic mass is 35.5. The van der Waals surface area contributed by atoms with Crippen molar-refractivity contribution in [2.24, 2.45) is 5.73 Å². The molecule has 3 heterocycles. The number of anilines is 1. The van der Waals surface area contributed by atoms with Gasteiger partial charge in [0.1, 0.15) is 29.4 Å². The molecule has 2 atom stereocenters. The second-order valence-corrected chi connectivity index (χ2v) is 7.10. The first-order chi connectivity index (χ1) is 13.5. The van der Waals surface area contributed by atoms with Crippen LogP contribution >= 0.6 is 11.6 Å². The number of halogens is 3. The third-order valence-corrected chi connectivity index (χ3v) is 4.94. The zero-order chi connectivity index (χ0) is 19.8. The van der Waals surface area contributed by atoms with Crippen LogP contribution < -0.4 is 10.6 Å². The van der Waals surface area contributed by atoms with E-state index in [4.69, 9.17) is 17.3 Å². The molecule has 0 bridgehead atoms. The van der Waals surface area contributed by atoms with Crippen LogP contribution in [0.5, 0.6) is 0 Å². The predicted molar refractivity (Wildman–Crippen MR) is 100 cm³/mol. The predicted octanol–water partition coefficient (Wildman–Crippen LogP) is 2.41. The van der Waals surface area contributed by atoms with Gasteiger partial charge in [0.25, 0.3) is 0 Å². The van der Waals surface area contributed by atoms with Crippen molar-refractivity contribution in [1.82, 2.24) is 19.5 Å². The van der Waals surface area contributed by atoms with Gasteiger partial charge in [-0.05, 0) is 18.6 Å². The van der Waals surface area contributed by atoms with Crippen LogP contribution in [-0.4, -0.2) is 44.8 Å². The number of nitrogens with zero attached hydrogens (tertiary/aromatic N) is 6. The topological polar surface area (TPSA) is 96.7 Å². The number of benzene rings is 1. The lowest BCUT2D eigenvalue weighted by molar-refractivity contribution is 0.243. The molecule has 0 aliphatic carbocycles. The van der Waals surface area contributed by atoms with Crippen LogP contribution in [0.2, 0.25) is 5.02 Å². The van der Waals surface area contributed by atoms with E-state index in [1.807, 2.05) is 11.0 Å². The molecule has 28 heavy (non-hydrogen) atoms. The summed E-state index contributed by atoms with van der Waals surface area (Å²) in [6.07, 6.45) is 2.12. The van der Waals surface area contributed by atoms with E-state index in [0.29, 0.717) is 34.4 Å². The first-order valence-electron chi connectivity index (χ1n) is 8.67. The van der Waals surface area contributed by atoms with Gasteiger partial charge < -0.3 is 15.2 Å². The fourth-order valence-electron chi connectivity index (χ4n) is 3.36. The Kier molecular flexibility index (Phi) is 4.83. The van der Waals surface area contributed by atoms with Crippen molar-refractivity contribution < 1.29 is 8.78 Å². The molecule has 10 heteroatoms. The van der Waals surface area contributed by atoms with Crippen molar-refractivity contribution >= 4 is 28.6 Å². The molecule has 144 valence electrons. The van der Waals surface area contributed by atoms with E-state index in [1.54, 1.807) is 4.57 Å². The highest BCUT2D eigenvalue weighted by Crippen LogP contribution is 2.29. The largest absolute Gasteiger partial charge is 0.340 e. The van der Waals surface area contributed by atoms with Gasteiger partial charge in [0.15, 0.2) is 0 Å². The molecule has 0 saturated carbocycles. The van der Waals surface area contributed by atoms with Crippen molar-refractivity contribution in [3.05, 3.63) is 46.8 Å². The van der Waals surface area contributed by atoms with Gasteiger partial charge in [0.05, 0.1) is 28.7 Å². The van der Waals surface area contributed by atoms with E-state index in [1.165, 1.54) is 18.5 Å². The molecule has 0 unspecified atom stereocenters. The number of rotatable bonds is 3. The molecule has 0 spiro atoms. The van der Waals surface area contributed by atoms with Gasteiger partial charge in [-0.2, -0.15) is 5.26 Å². The van der Waals surface area contributed by atoms with Gasteiger partial charge in [-0.3, -0.25) is 0 Å². The molecule has 1 aromatic carbocycles. The SMILES string of the molecule is N#Cc1cc(F)cc2c1nc(N1CC[C@H](F)[C@H](N)C1)n2Cc1ncc(Cl)cn1. The van der Waals surface area contributed by atoms with Crippen molar-refractivity contribution in [2.45, 2.75) is 25.2 Å². The van der Waals surface area contributed by atoms with E-state index in [9.17, 15) is 14.0 Å². The van der Waals surface area contributed by atoms with Gasteiger partial charge in [-0.15, -0.1) is 0 Å². The lowest BCUT2D eigenvalue weighted by Gasteiger charge is -2.34. The smallest absolute Gasteiger partial charge is 0.207 e. The number of aromatic nitrogens is 4. The summed E-state index contributed by atoms with van der Waals surface area (Å²) in [5, 5.41) is 9.78. The van der Waals surface area contributed by atoms with E-state index in [0.717, 1.165) is 6.07 Å². The van der Waals surface area contributed by atoms with Crippen LogP contribution in [0.15, 0.2) is 24.5 Å². The lowest BCUT2D eigenvalue weighted by atomic mass is 10.1. The second kappa shape index (κ2) is 7.30. The van der Waals surface area contributed by atoms with E-state index >= 15 is 0 Å². The number of nitriles is 1. The maximum Gasteiger partial charge on any atom is 0.207 e. The van der Waals surface area contributed by atoms with Crippen molar-refractivity contribution in [1.29, 1.82) is 5.26 Å². The average Bonchev–Trinajstić information content (AvgIpc) is 3.03. The van der Waals surface area contributed by atoms with Crippen LogP contribution in [0.4, 0.5) is 14.7 Å². The fraction of sp³-hybridized carbons (Fsp3) is 0.333. The zero-order valence-corrected chi connectivity index (χ0v) is 15.4. The zero-order valence-electron chi connectivity index (χ0n) is 14.7. The van der Waals surface area contributed by atoms with Gasteiger partial charge >= 0.3 is 0 Å². The fourth-order valence-corrected chi connectivity index (χ4v) is 3.45. The minimum atomic E-state index is -1.08. The molecule has 1 saturated heterocycles. The number of imidazole rings is 1. The molecule has 1 aliphatic heterocycles. The molecular formula is C18H16ClF2N7. The quantitative estimate of drug-likeness (QED) is 0.721. The lowest BCUT2D eigenvalue weighted by Crippen LogP contribution is -2.50.